The maximum atomic E-state index is 12.7. The Bertz CT molecular complexity index is 492. The van der Waals surface area contributed by atoms with E-state index in [0.717, 1.165) is 25.9 Å². The summed E-state index contributed by atoms with van der Waals surface area (Å²) >= 11 is 0. The molecule has 22 heavy (non-hydrogen) atoms. The Morgan fingerprint density at radius 2 is 1.95 bits per heavy atom. The van der Waals surface area contributed by atoms with E-state index in [-0.39, 0.29) is 11.3 Å². The van der Waals surface area contributed by atoms with Gasteiger partial charge in [-0.1, -0.05) is 64.4 Å². The van der Waals surface area contributed by atoms with Gasteiger partial charge in [0.25, 0.3) is 0 Å². The molecule has 2 N–H and O–H groups in total. The van der Waals surface area contributed by atoms with E-state index in [4.69, 9.17) is 5.73 Å². The molecule has 1 heterocycles. The number of benzene rings is 1. The first kappa shape index (κ1) is 17.0. The van der Waals surface area contributed by atoms with Gasteiger partial charge in [0.05, 0.1) is 6.04 Å². The predicted octanol–water partition coefficient (Wildman–Crippen LogP) is 3.40. The Morgan fingerprint density at radius 3 is 2.50 bits per heavy atom. The van der Waals surface area contributed by atoms with Gasteiger partial charge >= 0.3 is 0 Å². The van der Waals surface area contributed by atoms with E-state index in [2.05, 4.69) is 37.3 Å². The number of nitrogens with zero attached hydrogens (tertiary/aromatic N) is 1. The Morgan fingerprint density at radius 1 is 1.32 bits per heavy atom. The van der Waals surface area contributed by atoms with Crippen LogP contribution in [0.1, 0.15) is 52.0 Å². The molecule has 3 heteroatoms. The van der Waals surface area contributed by atoms with Crippen molar-refractivity contribution in [3.05, 3.63) is 35.9 Å². The molecule has 1 aliphatic heterocycles. The van der Waals surface area contributed by atoms with Gasteiger partial charge in [0.2, 0.25) is 5.91 Å². The molecule has 1 aromatic carbocycles. The molecule has 0 radical (unpaired) electrons. The standard InChI is InChI=1S/C19H30N2O/c1-5-14-13-21(18(22)17(20)19(2,3)4)12-11-16(14)15-9-7-6-8-10-15/h6-10,14,16-17H,5,11-13,20H2,1-4H3/t14?,16?,17-/m1/s1. The van der Waals surface area contributed by atoms with Crippen molar-refractivity contribution in [1.29, 1.82) is 0 Å². The fraction of sp³-hybridized carbons (Fsp3) is 0.632. The van der Waals surface area contributed by atoms with Crippen molar-refractivity contribution in [1.82, 2.24) is 4.90 Å². The largest absolute Gasteiger partial charge is 0.341 e. The van der Waals surface area contributed by atoms with Crippen LogP contribution in [0.3, 0.4) is 0 Å². The molecule has 0 aliphatic carbocycles. The summed E-state index contributed by atoms with van der Waals surface area (Å²) in [5, 5.41) is 0. The predicted molar refractivity (Wildman–Crippen MR) is 91.6 cm³/mol. The molecule has 2 unspecified atom stereocenters. The number of carbonyl (C=O) groups is 1. The molecule has 1 fully saturated rings. The molecule has 1 aliphatic rings. The third-order valence-electron chi connectivity index (χ3n) is 5.00. The number of amides is 1. The number of piperidine rings is 1. The Kier molecular flexibility index (Phi) is 5.28. The minimum atomic E-state index is -0.418. The van der Waals surface area contributed by atoms with Gasteiger partial charge in [-0.15, -0.1) is 0 Å². The number of nitrogens with two attached hydrogens (primary N) is 1. The lowest BCUT2D eigenvalue weighted by atomic mass is 9.78. The highest BCUT2D eigenvalue weighted by atomic mass is 16.2. The second-order valence-electron chi connectivity index (χ2n) is 7.60. The van der Waals surface area contributed by atoms with Crippen LogP contribution in [0, 0.1) is 11.3 Å². The van der Waals surface area contributed by atoms with Gasteiger partial charge in [-0.2, -0.15) is 0 Å². The molecule has 0 aromatic heterocycles. The summed E-state index contributed by atoms with van der Waals surface area (Å²) in [7, 11) is 0. The Labute approximate surface area is 134 Å². The summed E-state index contributed by atoms with van der Waals surface area (Å²) in [4.78, 5) is 14.6. The maximum Gasteiger partial charge on any atom is 0.240 e. The molecule has 0 saturated carbocycles. The fourth-order valence-corrected chi connectivity index (χ4v) is 3.35. The van der Waals surface area contributed by atoms with E-state index in [9.17, 15) is 4.79 Å². The molecule has 3 nitrogen and oxygen atoms in total. The number of carbonyl (C=O) groups excluding carboxylic acids is 1. The van der Waals surface area contributed by atoms with E-state index >= 15 is 0 Å². The van der Waals surface area contributed by atoms with Crippen LogP contribution in [0.25, 0.3) is 0 Å². The highest BCUT2D eigenvalue weighted by Crippen LogP contribution is 2.35. The van der Waals surface area contributed by atoms with Crippen LogP contribution >= 0.6 is 0 Å². The molecule has 0 spiro atoms. The topological polar surface area (TPSA) is 46.3 Å². The zero-order chi connectivity index (χ0) is 16.3. The van der Waals surface area contributed by atoms with Crippen LogP contribution in [0.4, 0.5) is 0 Å². The van der Waals surface area contributed by atoms with E-state index in [1.807, 2.05) is 25.7 Å². The molecule has 1 aromatic rings. The smallest absolute Gasteiger partial charge is 0.240 e. The SMILES string of the molecule is CCC1CN(C(=O)[C@@H](N)C(C)(C)C)CCC1c1ccccc1. The lowest BCUT2D eigenvalue weighted by molar-refractivity contribution is -0.137. The summed E-state index contributed by atoms with van der Waals surface area (Å²) in [6.45, 7) is 9.96. The molecular weight excluding hydrogens is 272 g/mol. The normalized spacial score (nSPS) is 24.1. The number of likely N-dealkylation sites (tertiary alicyclic amines) is 1. The highest BCUT2D eigenvalue weighted by Gasteiger charge is 2.36. The Balaban J connectivity index is 2.08. The summed E-state index contributed by atoms with van der Waals surface area (Å²) < 4.78 is 0. The quantitative estimate of drug-likeness (QED) is 0.930. The number of hydrogen-bond donors (Lipinski definition) is 1. The lowest BCUT2D eigenvalue weighted by Gasteiger charge is -2.41. The van der Waals surface area contributed by atoms with Gasteiger partial charge in [0.1, 0.15) is 0 Å². The van der Waals surface area contributed by atoms with Gasteiger partial charge < -0.3 is 10.6 Å². The number of hydrogen-bond acceptors (Lipinski definition) is 2. The monoisotopic (exact) mass is 302 g/mol. The molecule has 2 rings (SSSR count). The first-order chi connectivity index (χ1) is 10.3. The molecule has 122 valence electrons. The third kappa shape index (κ3) is 3.70. The fourth-order valence-electron chi connectivity index (χ4n) is 3.35. The molecule has 0 bridgehead atoms. The molecule has 1 amide bonds. The van der Waals surface area contributed by atoms with E-state index in [1.54, 1.807) is 0 Å². The maximum absolute atomic E-state index is 12.7. The van der Waals surface area contributed by atoms with Crippen molar-refractivity contribution in [2.45, 2.75) is 52.5 Å². The molecular formula is C19H30N2O. The van der Waals surface area contributed by atoms with E-state index in [0.29, 0.717) is 11.8 Å². The highest BCUT2D eigenvalue weighted by molar-refractivity contribution is 5.82. The summed E-state index contributed by atoms with van der Waals surface area (Å²) in [6, 6.07) is 10.3. The summed E-state index contributed by atoms with van der Waals surface area (Å²) in [5.41, 5.74) is 7.39. The lowest BCUT2D eigenvalue weighted by Crippen LogP contribution is -2.53. The summed E-state index contributed by atoms with van der Waals surface area (Å²) in [6.07, 6.45) is 2.12. The van der Waals surface area contributed by atoms with Crippen molar-refractivity contribution in [2.75, 3.05) is 13.1 Å². The minimum Gasteiger partial charge on any atom is -0.341 e. The van der Waals surface area contributed by atoms with E-state index < -0.39 is 6.04 Å². The zero-order valence-corrected chi connectivity index (χ0v) is 14.4. The molecule has 1 saturated heterocycles. The van der Waals surface area contributed by atoms with Crippen LogP contribution in [-0.2, 0) is 4.79 Å². The minimum absolute atomic E-state index is 0.109. The van der Waals surface area contributed by atoms with Crippen LogP contribution in [0.5, 0.6) is 0 Å². The van der Waals surface area contributed by atoms with Crippen LogP contribution in [0.15, 0.2) is 30.3 Å². The van der Waals surface area contributed by atoms with Gasteiger partial charge in [-0.05, 0) is 29.2 Å². The Hall–Kier alpha value is -1.35. The summed E-state index contributed by atoms with van der Waals surface area (Å²) in [5.74, 6) is 1.19. The van der Waals surface area contributed by atoms with Gasteiger partial charge in [0, 0.05) is 13.1 Å². The van der Waals surface area contributed by atoms with E-state index in [1.165, 1.54) is 5.56 Å². The average Bonchev–Trinajstić information content (AvgIpc) is 2.52. The first-order valence-corrected chi connectivity index (χ1v) is 8.44. The number of rotatable bonds is 3. The second kappa shape index (κ2) is 6.82. The van der Waals surface area contributed by atoms with Crippen molar-refractivity contribution in [3.63, 3.8) is 0 Å². The van der Waals surface area contributed by atoms with Crippen molar-refractivity contribution in [3.8, 4) is 0 Å². The van der Waals surface area contributed by atoms with Gasteiger partial charge in [-0.25, -0.2) is 0 Å². The van der Waals surface area contributed by atoms with Crippen molar-refractivity contribution in [2.24, 2.45) is 17.1 Å². The molecule has 3 atom stereocenters. The zero-order valence-electron chi connectivity index (χ0n) is 14.4. The first-order valence-electron chi connectivity index (χ1n) is 8.44. The van der Waals surface area contributed by atoms with Crippen molar-refractivity contribution >= 4 is 5.91 Å². The van der Waals surface area contributed by atoms with Gasteiger partial charge in [-0.3, -0.25) is 4.79 Å². The third-order valence-corrected chi connectivity index (χ3v) is 5.00. The van der Waals surface area contributed by atoms with Gasteiger partial charge in [0.15, 0.2) is 0 Å². The van der Waals surface area contributed by atoms with Crippen LogP contribution in [-0.4, -0.2) is 29.9 Å². The average molecular weight is 302 g/mol. The van der Waals surface area contributed by atoms with Crippen molar-refractivity contribution < 1.29 is 4.79 Å². The van der Waals surface area contributed by atoms with Crippen LogP contribution < -0.4 is 5.73 Å². The van der Waals surface area contributed by atoms with Crippen LogP contribution in [0.2, 0.25) is 0 Å². The second-order valence-corrected chi connectivity index (χ2v) is 7.60.